The first-order chi connectivity index (χ1) is 69.2. The van der Waals surface area contributed by atoms with Gasteiger partial charge in [0.05, 0.1) is 79.9 Å². The van der Waals surface area contributed by atoms with Crippen LogP contribution in [0.4, 0.5) is 82.4 Å². The van der Waals surface area contributed by atoms with Gasteiger partial charge in [-0.05, 0) is 79.2 Å². The second-order valence-corrected chi connectivity index (χ2v) is 28.6. The molecule has 0 radical (unpaired) electrons. The number of nitrogens with zero attached hydrogens (tertiary/aromatic N) is 18. The van der Waals surface area contributed by atoms with E-state index < -0.39 is 111 Å². The molecule has 0 saturated heterocycles. The topological polar surface area (TPSA) is 462 Å². The van der Waals surface area contributed by atoms with Gasteiger partial charge in [0.25, 0.3) is 35.4 Å². The zero-order chi connectivity index (χ0) is 101. The molecule has 144 heavy (non-hydrogen) atoms. The summed E-state index contributed by atoms with van der Waals surface area (Å²) in [4.78, 5) is 140. The van der Waals surface area contributed by atoms with E-state index in [0.29, 0.717) is 23.0 Å². The van der Waals surface area contributed by atoms with Crippen LogP contribution in [-0.4, -0.2) is 125 Å². The second kappa shape index (κ2) is 51.3. The van der Waals surface area contributed by atoms with E-state index in [4.69, 9.17) is 28.4 Å². The van der Waals surface area contributed by atoms with Crippen molar-refractivity contribution in [2.75, 3.05) is 31.9 Å². The molecule has 0 atom stereocenters. The largest absolute Gasteiger partial charge is 0.454 e. The zero-order valence-corrected chi connectivity index (χ0v) is 73.4. The first-order valence-electron chi connectivity index (χ1n) is 40.4. The minimum atomic E-state index is -1.24. The van der Waals surface area contributed by atoms with E-state index in [2.05, 4.69) is 122 Å². The van der Waals surface area contributed by atoms with E-state index in [9.17, 15) is 77.1 Å². The highest BCUT2D eigenvalue weighted by Gasteiger charge is 2.22. The fourth-order valence-corrected chi connectivity index (χ4v) is 11.8. The van der Waals surface area contributed by atoms with Crippen molar-refractivity contribution in [1.82, 2.24) is 89.7 Å². The molecule has 36 nitrogen and oxygen atoms in total. The van der Waals surface area contributed by atoms with Gasteiger partial charge in [0.2, 0.25) is 11.6 Å². The van der Waals surface area contributed by atoms with Gasteiger partial charge in [0.1, 0.15) is 124 Å². The predicted molar refractivity (Wildman–Crippen MR) is 493 cm³/mol. The molecule has 6 amide bonds. The number of pyridine rings is 5. The van der Waals surface area contributed by atoms with E-state index >= 15 is 0 Å². The average Bonchev–Trinajstić information content (AvgIpc) is 0.978. The molecule has 0 aliphatic heterocycles. The molecule has 0 aliphatic rings. The monoisotopic (exact) mass is 1990 g/mol. The van der Waals surface area contributed by atoms with E-state index in [1.807, 2.05) is 6.92 Å². The molecule has 0 unspecified atom stereocenters. The molecule has 6 N–H and O–H groups in total. The third-order valence-corrected chi connectivity index (χ3v) is 17.8. The summed E-state index contributed by atoms with van der Waals surface area (Å²) in [5, 5.41) is 16.2. The molecule has 724 valence electrons. The lowest BCUT2D eigenvalue weighted by Gasteiger charge is -2.10. The Balaban J connectivity index is 0.000000154. The molecule has 12 aromatic heterocycles. The van der Waals surface area contributed by atoms with Crippen molar-refractivity contribution in [3.63, 3.8) is 0 Å². The maximum absolute atomic E-state index is 13.9. The fraction of sp³-hybridized carbons (Fsp3) is 0.0208. The molecular formula is C96H65F11N24O12S. The molecule has 12 heterocycles. The van der Waals surface area contributed by atoms with Crippen LogP contribution in [0.5, 0.6) is 69.0 Å². The lowest BCUT2D eigenvalue weighted by atomic mass is 10.2. The van der Waals surface area contributed by atoms with Crippen LogP contribution in [0.1, 0.15) is 75.9 Å². The van der Waals surface area contributed by atoms with Crippen LogP contribution in [0.25, 0.3) is 0 Å². The SMILES string of the molecule is C.Cc1ccc(C(=O)Nc2cc(F)cc(Oc3cncnc3)c2)nc1.O=C(Nc1cc(F)c(F)c(Oc2cncnc2)c1)c1cc(F)ccn1.O=C(Nc1cc(F)c(F)c(Oc2cncnc2)c1)c1cscn1.O=C(Nc1cc(F)cc(Oc2cncnc2)c1)c1cc(F)ccn1.O=C(Nc1cc(F)cc(Oc2cncnc2)c1)c1ccccn1.O=C(Nc1cc(F)cc(Oc2cncnc2)c1)c1ncccc1F. The lowest BCUT2D eigenvalue weighted by molar-refractivity contribution is 0.101. The molecular weight excluding hydrogens is 1920 g/mol. The molecule has 0 bridgehead atoms. The molecule has 48 heteroatoms. The van der Waals surface area contributed by atoms with Gasteiger partial charge in [0.15, 0.2) is 69.1 Å². The Morgan fingerprint density at radius 1 is 0.257 bits per heavy atom. The lowest BCUT2D eigenvalue weighted by Crippen LogP contribution is -2.15. The Labute approximate surface area is 809 Å². The quantitative estimate of drug-likeness (QED) is 0.0306. The van der Waals surface area contributed by atoms with Crippen molar-refractivity contribution in [3.05, 3.63) is 422 Å². The Morgan fingerprint density at radius 2 is 0.576 bits per heavy atom. The van der Waals surface area contributed by atoms with Gasteiger partial charge in [-0.1, -0.05) is 19.6 Å². The summed E-state index contributed by atoms with van der Waals surface area (Å²) in [6, 6.07) is 33.8. The smallest absolute Gasteiger partial charge is 0.277 e. The van der Waals surface area contributed by atoms with Crippen molar-refractivity contribution in [2.24, 2.45) is 0 Å². The van der Waals surface area contributed by atoms with Crippen LogP contribution in [0, 0.1) is 70.9 Å². The molecule has 18 rings (SSSR count). The highest BCUT2D eigenvalue weighted by atomic mass is 32.1. The Morgan fingerprint density at radius 3 is 0.896 bits per heavy atom. The number of rotatable bonds is 24. The van der Waals surface area contributed by atoms with Crippen LogP contribution < -0.4 is 60.3 Å². The molecule has 18 aromatic rings. The molecule has 0 saturated carbocycles. The van der Waals surface area contributed by atoms with E-state index in [-0.39, 0.29) is 110 Å². The second-order valence-electron chi connectivity index (χ2n) is 27.9. The summed E-state index contributed by atoms with van der Waals surface area (Å²) in [6.45, 7) is 1.87. The minimum Gasteiger partial charge on any atom is -0.454 e. The van der Waals surface area contributed by atoms with Crippen LogP contribution in [0.2, 0.25) is 0 Å². The number of ether oxygens (including phenoxy) is 6. The normalized spacial score (nSPS) is 10.2. The number of hydrogen-bond acceptors (Lipinski definition) is 31. The summed E-state index contributed by atoms with van der Waals surface area (Å²) in [5.74, 6) is -11.5. The van der Waals surface area contributed by atoms with Crippen LogP contribution >= 0.6 is 11.3 Å². The Bertz CT molecular complexity index is 7430. The maximum atomic E-state index is 13.9. The highest BCUT2D eigenvalue weighted by molar-refractivity contribution is 7.07. The van der Waals surface area contributed by atoms with Gasteiger partial charge >= 0.3 is 0 Å². The Hall–Kier alpha value is -20.0. The summed E-state index contributed by atoms with van der Waals surface area (Å²) in [6.07, 6.45) is 31.1. The zero-order valence-electron chi connectivity index (χ0n) is 72.5. The summed E-state index contributed by atoms with van der Waals surface area (Å²) in [7, 11) is 0. The number of aromatic nitrogens is 18. The predicted octanol–water partition coefficient (Wildman–Crippen LogP) is 20.0. The van der Waals surface area contributed by atoms with E-state index in [0.717, 1.165) is 90.6 Å². The highest BCUT2D eigenvalue weighted by Crippen LogP contribution is 2.35. The van der Waals surface area contributed by atoms with Crippen molar-refractivity contribution >= 4 is 80.9 Å². The number of carbonyl (C=O) groups excluding carboxylic acids is 6. The summed E-state index contributed by atoms with van der Waals surface area (Å²) < 4.78 is 182. The number of amides is 6. The first kappa shape index (κ1) is 103. The Kier molecular flexibility index (Phi) is 36.7. The number of thiazole rings is 1. The number of anilines is 6. The third-order valence-electron chi connectivity index (χ3n) is 17.2. The minimum absolute atomic E-state index is 0. The number of halogens is 11. The molecule has 0 fully saturated rings. The van der Waals surface area contributed by atoms with Crippen LogP contribution in [0.3, 0.4) is 0 Å². The number of aryl methyl sites for hydroxylation is 1. The fourth-order valence-electron chi connectivity index (χ4n) is 11.2. The van der Waals surface area contributed by atoms with Crippen LogP contribution in [0.15, 0.2) is 318 Å². The van der Waals surface area contributed by atoms with Crippen molar-refractivity contribution < 1.29 is 105 Å². The van der Waals surface area contributed by atoms with Gasteiger partial charge in [-0.15, -0.1) is 11.3 Å². The maximum Gasteiger partial charge on any atom is 0.277 e. The van der Waals surface area contributed by atoms with E-state index in [1.54, 1.807) is 36.5 Å². The number of nitrogens with one attached hydrogen (secondary N) is 6. The molecule has 0 spiro atoms. The van der Waals surface area contributed by atoms with Gasteiger partial charge in [-0.25, -0.2) is 109 Å². The summed E-state index contributed by atoms with van der Waals surface area (Å²) in [5.41, 5.74) is 3.04. The third kappa shape index (κ3) is 32.1. The summed E-state index contributed by atoms with van der Waals surface area (Å²) >= 11 is 1.24. The number of carbonyl (C=O) groups is 6. The van der Waals surface area contributed by atoms with Crippen molar-refractivity contribution in [2.45, 2.75) is 14.4 Å². The standard InChI is InChI=1S/C17H13FN4O2.C16H9F3N4O2.2C16H10F2N4O2.C16H11FN4O2.C14H8F2N4O2S.CH4/c1-11-2-3-16(21-7-11)17(23)22-13-4-12(18)5-14(6-13)24-15-8-19-10-20-9-15;17-9-1-2-22-13(3-9)16(24)23-10-4-12(18)15(19)14(5-10)25-11-6-20-8-21-7-11;17-10-1-2-21-15(5-10)16(23)22-12-3-11(18)4-13(6-12)24-14-7-19-9-20-8-14;17-10-4-11(22-16(23)15-14(18)2-1-3-21-15)6-12(5-10)24-13-7-19-9-20-8-13;17-11-5-12(21-16(22)15-3-1-2-4-20-15)7-13(6-11)23-14-8-18-10-19-9-14;15-10-1-8(20-14(21)11-5-23-7-19-11)2-12(13(10)16)22-9-3-17-6-18-4-9;/h2-10H,1H3,(H,22,23);1-8H,(H,23,24);2*1-9H,(H,22,23);1-10H,(H,21,22);1-7H,(H,20,21);1H4. The first-order valence-corrected chi connectivity index (χ1v) is 41.3. The van der Waals surface area contributed by atoms with Gasteiger partial charge in [-0.3, -0.25) is 48.7 Å². The number of hydrogen-bond donors (Lipinski definition) is 6. The van der Waals surface area contributed by atoms with Gasteiger partial charge < -0.3 is 60.3 Å². The van der Waals surface area contributed by atoms with E-state index in [1.165, 1.54) is 208 Å². The van der Waals surface area contributed by atoms with Crippen LogP contribution in [-0.2, 0) is 0 Å². The molecule has 0 aliphatic carbocycles. The van der Waals surface area contributed by atoms with Crippen molar-refractivity contribution in [1.29, 1.82) is 0 Å². The molecule has 6 aromatic carbocycles. The van der Waals surface area contributed by atoms with Gasteiger partial charge in [-0.2, -0.15) is 8.78 Å². The average molecular weight is 1990 g/mol. The number of benzene rings is 6. The van der Waals surface area contributed by atoms with Gasteiger partial charge in [0, 0.05) is 155 Å². The van der Waals surface area contributed by atoms with Crippen molar-refractivity contribution in [3.8, 4) is 69.0 Å².